The highest BCUT2D eigenvalue weighted by atomic mass is 79.9. The maximum Gasteiger partial charge on any atom is 0.119 e. The molecule has 1 aromatic carbocycles. The zero-order valence-electron chi connectivity index (χ0n) is 10.7. The fourth-order valence-electron chi connectivity index (χ4n) is 1.69. The number of benzene rings is 1. The fraction of sp³-hybridized carbons (Fsp3) is 0.571. The van der Waals surface area contributed by atoms with Gasteiger partial charge in [0.05, 0.1) is 0 Å². The highest BCUT2D eigenvalue weighted by molar-refractivity contribution is 9.09. The van der Waals surface area contributed by atoms with Crippen LogP contribution in [0.2, 0.25) is 0 Å². The van der Waals surface area contributed by atoms with Crippen LogP contribution in [0.15, 0.2) is 30.3 Å². The lowest BCUT2D eigenvalue weighted by atomic mass is 10.3. The Kier molecular flexibility index (Phi) is 7.29. The van der Waals surface area contributed by atoms with Crippen molar-refractivity contribution in [2.24, 2.45) is 0 Å². The molecule has 0 fully saturated rings. The molecule has 0 radical (unpaired) electrons. The maximum atomic E-state index is 5.71. The largest absolute Gasteiger partial charge is 0.492 e. The molecule has 3 heteroatoms. The van der Waals surface area contributed by atoms with E-state index in [-0.39, 0.29) is 0 Å². The molecule has 0 atom stereocenters. The molecular weight excluding hydrogens is 278 g/mol. The number of nitrogens with zero attached hydrogens (tertiary/aromatic N) is 1. The molecule has 1 rings (SSSR count). The van der Waals surface area contributed by atoms with Crippen molar-refractivity contribution in [3.05, 3.63) is 30.3 Å². The van der Waals surface area contributed by atoms with E-state index in [4.69, 9.17) is 4.74 Å². The molecule has 1 aromatic rings. The van der Waals surface area contributed by atoms with Crippen LogP contribution in [0.3, 0.4) is 0 Å². The van der Waals surface area contributed by atoms with E-state index < -0.39 is 0 Å². The Morgan fingerprint density at radius 2 is 1.88 bits per heavy atom. The van der Waals surface area contributed by atoms with Crippen molar-refractivity contribution >= 4 is 15.9 Å². The number of hydrogen-bond donors (Lipinski definition) is 0. The second kappa shape index (κ2) is 8.54. The molecule has 0 aliphatic carbocycles. The molecule has 96 valence electrons. The minimum atomic E-state index is 0.577. The summed E-state index contributed by atoms with van der Waals surface area (Å²) in [6.07, 6.45) is 1.18. The van der Waals surface area contributed by atoms with Crippen molar-refractivity contribution in [2.45, 2.75) is 26.3 Å². The smallest absolute Gasteiger partial charge is 0.119 e. The molecule has 0 saturated carbocycles. The second-order valence-electron chi connectivity index (χ2n) is 4.33. The predicted octanol–water partition coefficient (Wildman–Crippen LogP) is 3.56. The third-order valence-electron chi connectivity index (χ3n) is 2.70. The van der Waals surface area contributed by atoms with Crippen molar-refractivity contribution in [1.82, 2.24) is 4.90 Å². The van der Waals surface area contributed by atoms with Crippen LogP contribution in [0.25, 0.3) is 0 Å². The molecule has 0 amide bonds. The molecule has 0 saturated heterocycles. The molecule has 0 bridgehead atoms. The number of halogens is 1. The van der Waals surface area contributed by atoms with Gasteiger partial charge in [-0.25, -0.2) is 0 Å². The minimum Gasteiger partial charge on any atom is -0.492 e. The normalized spacial score (nSPS) is 11.1. The van der Waals surface area contributed by atoms with E-state index in [9.17, 15) is 0 Å². The summed E-state index contributed by atoms with van der Waals surface area (Å²) in [5, 5.41) is 1.07. The van der Waals surface area contributed by atoms with E-state index in [2.05, 4.69) is 34.7 Å². The Morgan fingerprint density at radius 1 is 1.18 bits per heavy atom. The maximum absolute atomic E-state index is 5.71. The van der Waals surface area contributed by atoms with Crippen LogP contribution in [-0.4, -0.2) is 36.0 Å². The summed E-state index contributed by atoms with van der Waals surface area (Å²) in [5.74, 6) is 0.955. The van der Waals surface area contributed by atoms with Gasteiger partial charge >= 0.3 is 0 Å². The summed E-state index contributed by atoms with van der Waals surface area (Å²) in [5.41, 5.74) is 0. The molecule has 0 aliphatic rings. The van der Waals surface area contributed by atoms with Gasteiger partial charge in [0.1, 0.15) is 12.4 Å². The first kappa shape index (κ1) is 14.5. The predicted molar refractivity (Wildman–Crippen MR) is 77.1 cm³/mol. The number of hydrogen-bond acceptors (Lipinski definition) is 2. The third-order valence-corrected chi connectivity index (χ3v) is 3.26. The molecule has 0 aromatic heterocycles. The Labute approximate surface area is 113 Å². The number of alkyl halides is 1. The first-order valence-corrected chi connectivity index (χ1v) is 7.34. The molecule has 0 spiro atoms. The molecule has 0 heterocycles. The van der Waals surface area contributed by atoms with Crippen molar-refractivity contribution in [3.8, 4) is 5.75 Å². The molecule has 0 aliphatic heterocycles. The molecule has 17 heavy (non-hydrogen) atoms. The number of para-hydroxylation sites is 1. The minimum absolute atomic E-state index is 0.577. The van der Waals surface area contributed by atoms with Gasteiger partial charge in [0, 0.05) is 17.9 Å². The van der Waals surface area contributed by atoms with Crippen molar-refractivity contribution in [2.75, 3.05) is 25.0 Å². The van der Waals surface area contributed by atoms with Gasteiger partial charge < -0.3 is 4.74 Å². The Morgan fingerprint density at radius 3 is 2.47 bits per heavy atom. The number of ether oxygens (including phenoxy) is 1. The van der Waals surface area contributed by atoms with Crippen LogP contribution >= 0.6 is 15.9 Å². The first-order chi connectivity index (χ1) is 8.24. The van der Waals surface area contributed by atoms with Gasteiger partial charge in [-0.2, -0.15) is 0 Å². The van der Waals surface area contributed by atoms with E-state index in [0.717, 1.165) is 30.8 Å². The van der Waals surface area contributed by atoms with Gasteiger partial charge in [0.15, 0.2) is 0 Å². The average Bonchev–Trinajstić information content (AvgIpc) is 2.34. The summed E-state index contributed by atoms with van der Waals surface area (Å²) < 4.78 is 5.71. The van der Waals surface area contributed by atoms with Crippen LogP contribution < -0.4 is 4.74 Å². The van der Waals surface area contributed by atoms with E-state index in [0.29, 0.717) is 6.04 Å². The van der Waals surface area contributed by atoms with Gasteiger partial charge in [-0.15, -0.1) is 0 Å². The molecule has 0 N–H and O–H groups in total. The van der Waals surface area contributed by atoms with E-state index in [1.165, 1.54) is 6.42 Å². The molecule has 2 nitrogen and oxygen atoms in total. The van der Waals surface area contributed by atoms with Crippen LogP contribution in [0.4, 0.5) is 0 Å². The zero-order chi connectivity index (χ0) is 12.5. The number of rotatable bonds is 8. The summed E-state index contributed by atoms with van der Waals surface area (Å²) in [6.45, 7) is 7.33. The third kappa shape index (κ3) is 6.08. The van der Waals surface area contributed by atoms with Gasteiger partial charge in [0.2, 0.25) is 0 Å². The van der Waals surface area contributed by atoms with Crippen molar-refractivity contribution in [3.63, 3.8) is 0 Å². The molecule has 0 unspecified atom stereocenters. The quantitative estimate of drug-likeness (QED) is 0.681. The molecular formula is C14H22BrNO. The van der Waals surface area contributed by atoms with Crippen LogP contribution in [-0.2, 0) is 0 Å². The van der Waals surface area contributed by atoms with Crippen molar-refractivity contribution < 1.29 is 4.74 Å². The monoisotopic (exact) mass is 299 g/mol. The summed E-state index contributed by atoms with van der Waals surface area (Å²) >= 11 is 3.47. The summed E-state index contributed by atoms with van der Waals surface area (Å²) in [6, 6.07) is 10.6. The highest BCUT2D eigenvalue weighted by Gasteiger charge is 2.08. The zero-order valence-corrected chi connectivity index (χ0v) is 12.3. The van der Waals surface area contributed by atoms with Crippen molar-refractivity contribution in [1.29, 1.82) is 0 Å². The van der Waals surface area contributed by atoms with Gasteiger partial charge in [0.25, 0.3) is 0 Å². The second-order valence-corrected chi connectivity index (χ2v) is 5.13. The lowest BCUT2D eigenvalue weighted by Gasteiger charge is -2.26. The highest BCUT2D eigenvalue weighted by Crippen LogP contribution is 2.08. The lowest BCUT2D eigenvalue weighted by Crippen LogP contribution is -2.35. The van der Waals surface area contributed by atoms with Gasteiger partial charge in [-0.05, 0) is 38.9 Å². The standard InChI is InChI=1S/C14H22BrNO/c1-13(2)16(10-6-9-15)11-12-17-14-7-4-3-5-8-14/h3-5,7-8,13H,6,9-12H2,1-2H3. The fourth-order valence-corrected chi connectivity index (χ4v) is 1.94. The van der Waals surface area contributed by atoms with E-state index >= 15 is 0 Å². The summed E-state index contributed by atoms with van der Waals surface area (Å²) in [4.78, 5) is 2.45. The Bertz CT molecular complexity index is 290. The Hall–Kier alpha value is -0.540. The first-order valence-electron chi connectivity index (χ1n) is 6.22. The van der Waals surface area contributed by atoms with Gasteiger partial charge in [-0.3, -0.25) is 4.90 Å². The lowest BCUT2D eigenvalue weighted by molar-refractivity contribution is 0.176. The summed E-state index contributed by atoms with van der Waals surface area (Å²) in [7, 11) is 0. The van der Waals surface area contributed by atoms with E-state index in [1.807, 2.05) is 30.3 Å². The SMILES string of the molecule is CC(C)N(CCCBr)CCOc1ccccc1. The van der Waals surface area contributed by atoms with Crippen LogP contribution in [0.5, 0.6) is 5.75 Å². The van der Waals surface area contributed by atoms with Gasteiger partial charge in [-0.1, -0.05) is 34.1 Å². The van der Waals surface area contributed by atoms with E-state index in [1.54, 1.807) is 0 Å². The Balaban J connectivity index is 2.27. The van der Waals surface area contributed by atoms with Crippen LogP contribution in [0.1, 0.15) is 20.3 Å². The topological polar surface area (TPSA) is 12.5 Å². The average molecular weight is 300 g/mol. The van der Waals surface area contributed by atoms with Crippen LogP contribution in [0, 0.1) is 0 Å².